The molecule has 0 amide bonds. The van der Waals surface area contributed by atoms with E-state index in [1.165, 1.54) is 5.56 Å². The van der Waals surface area contributed by atoms with Crippen LogP contribution in [-0.4, -0.2) is 24.7 Å². The smallest absolute Gasteiger partial charge is 0.303 e. The Labute approximate surface area is 102 Å². The van der Waals surface area contributed by atoms with Crippen LogP contribution in [0, 0.1) is 0 Å². The summed E-state index contributed by atoms with van der Waals surface area (Å²) < 4.78 is 5.09. The first-order chi connectivity index (χ1) is 8.13. The molecule has 0 aliphatic heterocycles. The second-order valence-electron chi connectivity index (χ2n) is 3.95. The van der Waals surface area contributed by atoms with E-state index in [9.17, 15) is 4.79 Å². The van der Waals surface area contributed by atoms with Crippen LogP contribution < -0.4 is 10.1 Å². The second kappa shape index (κ2) is 6.91. The van der Waals surface area contributed by atoms with Gasteiger partial charge < -0.3 is 15.2 Å². The van der Waals surface area contributed by atoms with Gasteiger partial charge in [-0.05, 0) is 37.6 Å². The van der Waals surface area contributed by atoms with Gasteiger partial charge in [0.15, 0.2) is 0 Å². The molecular formula is C13H19NO3. The minimum absolute atomic E-state index is 0.211. The number of methoxy groups -OCH3 is 1. The minimum Gasteiger partial charge on any atom is -0.497 e. The maximum absolute atomic E-state index is 10.3. The maximum atomic E-state index is 10.3. The SMILES string of the molecule is COc1ccc([C@H](C)NCCCC(=O)O)cc1. The van der Waals surface area contributed by atoms with Crippen LogP contribution in [0.5, 0.6) is 5.75 Å². The highest BCUT2D eigenvalue weighted by Gasteiger charge is 2.04. The van der Waals surface area contributed by atoms with Crippen LogP contribution in [0.4, 0.5) is 0 Å². The number of rotatable bonds is 7. The lowest BCUT2D eigenvalue weighted by Crippen LogP contribution is -2.20. The van der Waals surface area contributed by atoms with Crippen molar-refractivity contribution in [3.63, 3.8) is 0 Å². The quantitative estimate of drug-likeness (QED) is 0.714. The molecule has 0 spiro atoms. The fraction of sp³-hybridized carbons (Fsp3) is 0.462. The Morgan fingerprint density at radius 1 is 1.41 bits per heavy atom. The number of carbonyl (C=O) groups is 1. The molecule has 0 saturated heterocycles. The molecule has 0 fully saturated rings. The fourth-order valence-corrected chi connectivity index (χ4v) is 1.57. The maximum Gasteiger partial charge on any atom is 0.303 e. The van der Waals surface area contributed by atoms with Gasteiger partial charge in [-0.15, -0.1) is 0 Å². The molecule has 1 aromatic rings. The molecule has 0 aromatic heterocycles. The van der Waals surface area contributed by atoms with E-state index in [0.717, 1.165) is 5.75 Å². The van der Waals surface area contributed by atoms with E-state index >= 15 is 0 Å². The van der Waals surface area contributed by atoms with Crippen LogP contribution in [0.3, 0.4) is 0 Å². The van der Waals surface area contributed by atoms with Gasteiger partial charge in [0.05, 0.1) is 7.11 Å². The van der Waals surface area contributed by atoms with E-state index in [2.05, 4.69) is 12.2 Å². The van der Waals surface area contributed by atoms with Crippen LogP contribution in [0.2, 0.25) is 0 Å². The number of ether oxygens (including phenoxy) is 1. The Morgan fingerprint density at radius 2 is 2.06 bits per heavy atom. The molecule has 4 nitrogen and oxygen atoms in total. The zero-order chi connectivity index (χ0) is 12.7. The summed E-state index contributed by atoms with van der Waals surface area (Å²) in [5.74, 6) is 0.0933. The molecule has 0 aliphatic carbocycles. The number of aliphatic carboxylic acids is 1. The van der Waals surface area contributed by atoms with E-state index in [1.54, 1.807) is 7.11 Å². The highest BCUT2D eigenvalue weighted by atomic mass is 16.5. The number of carboxylic acid groups (broad SMARTS) is 1. The first-order valence-electron chi connectivity index (χ1n) is 5.72. The predicted molar refractivity (Wildman–Crippen MR) is 66.3 cm³/mol. The number of hydrogen-bond donors (Lipinski definition) is 2. The number of benzene rings is 1. The molecule has 17 heavy (non-hydrogen) atoms. The van der Waals surface area contributed by atoms with Gasteiger partial charge in [-0.3, -0.25) is 4.79 Å². The monoisotopic (exact) mass is 237 g/mol. The number of hydrogen-bond acceptors (Lipinski definition) is 3. The Bertz CT molecular complexity index is 348. The summed E-state index contributed by atoms with van der Waals surface area (Å²) >= 11 is 0. The van der Waals surface area contributed by atoms with Crippen molar-refractivity contribution < 1.29 is 14.6 Å². The van der Waals surface area contributed by atoms with Gasteiger partial charge in [-0.25, -0.2) is 0 Å². The van der Waals surface area contributed by atoms with Crippen molar-refractivity contribution in [3.8, 4) is 5.75 Å². The molecule has 4 heteroatoms. The summed E-state index contributed by atoms with van der Waals surface area (Å²) in [7, 11) is 1.64. The Morgan fingerprint density at radius 3 is 2.59 bits per heavy atom. The Kier molecular flexibility index (Phi) is 5.49. The van der Waals surface area contributed by atoms with Crippen LogP contribution in [0.15, 0.2) is 24.3 Å². The largest absolute Gasteiger partial charge is 0.497 e. The van der Waals surface area contributed by atoms with E-state index in [-0.39, 0.29) is 12.5 Å². The molecule has 0 radical (unpaired) electrons. The average molecular weight is 237 g/mol. The third kappa shape index (κ3) is 4.87. The normalized spacial score (nSPS) is 12.1. The first-order valence-corrected chi connectivity index (χ1v) is 5.72. The highest BCUT2D eigenvalue weighted by Crippen LogP contribution is 2.17. The summed E-state index contributed by atoms with van der Waals surface area (Å²) in [5.41, 5.74) is 1.17. The molecule has 0 bridgehead atoms. The van der Waals surface area contributed by atoms with Crippen molar-refractivity contribution in [3.05, 3.63) is 29.8 Å². The molecule has 1 aromatic carbocycles. The van der Waals surface area contributed by atoms with Crippen LogP contribution >= 0.6 is 0 Å². The summed E-state index contributed by atoms with van der Waals surface area (Å²) in [6.45, 7) is 2.77. The summed E-state index contributed by atoms with van der Waals surface area (Å²) in [5, 5.41) is 11.8. The zero-order valence-electron chi connectivity index (χ0n) is 10.3. The van der Waals surface area contributed by atoms with Gasteiger partial charge in [0.2, 0.25) is 0 Å². The number of nitrogens with one attached hydrogen (secondary N) is 1. The molecule has 1 rings (SSSR count). The summed E-state index contributed by atoms with van der Waals surface area (Å²) in [4.78, 5) is 10.3. The molecule has 2 N–H and O–H groups in total. The second-order valence-corrected chi connectivity index (χ2v) is 3.95. The van der Waals surface area contributed by atoms with E-state index in [4.69, 9.17) is 9.84 Å². The van der Waals surface area contributed by atoms with Gasteiger partial charge in [-0.2, -0.15) is 0 Å². The lowest BCUT2D eigenvalue weighted by molar-refractivity contribution is -0.137. The lowest BCUT2D eigenvalue weighted by atomic mass is 10.1. The fourth-order valence-electron chi connectivity index (χ4n) is 1.57. The van der Waals surface area contributed by atoms with Gasteiger partial charge in [-0.1, -0.05) is 12.1 Å². The molecular weight excluding hydrogens is 218 g/mol. The zero-order valence-corrected chi connectivity index (χ0v) is 10.3. The minimum atomic E-state index is -0.746. The molecule has 0 heterocycles. The third-order valence-electron chi connectivity index (χ3n) is 2.63. The standard InChI is InChI=1S/C13H19NO3/c1-10(14-9-3-4-13(15)16)11-5-7-12(17-2)8-6-11/h5-8,10,14H,3-4,9H2,1-2H3,(H,15,16)/t10-/m0/s1. The Balaban J connectivity index is 2.35. The first kappa shape index (κ1) is 13.5. The van der Waals surface area contributed by atoms with Gasteiger partial charge >= 0.3 is 5.97 Å². The highest BCUT2D eigenvalue weighted by molar-refractivity contribution is 5.66. The summed E-state index contributed by atoms with van der Waals surface area (Å²) in [6, 6.07) is 8.08. The molecule has 0 saturated carbocycles. The van der Waals surface area contributed by atoms with Crippen molar-refractivity contribution in [1.82, 2.24) is 5.32 Å². The van der Waals surface area contributed by atoms with E-state index < -0.39 is 5.97 Å². The third-order valence-corrected chi connectivity index (χ3v) is 2.63. The molecule has 94 valence electrons. The average Bonchev–Trinajstić information content (AvgIpc) is 2.34. The summed E-state index contributed by atoms with van der Waals surface area (Å²) in [6.07, 6.45) is 0.859. The van der Waals surface area contributed by atoms with Gasteiger partial charge in [0.25, 0.3) is 0 Å². The van der Waals surface area contributed by atoms with Gasteiger partial charge in [0, 0.05) is 12.5 Å². The lowest BCUT2D eigenvalue weighted by Gasteiger charge is -2.14. The predicted octanol–water partition coefficient (Wildman–Crippen LogP) is 2.21. The van der Waals surface area contributed by atoms with Gasteiger partial charge in [0.1, 0.15) is 5.75 Å². The van der Waals surface area contributed by atoms with Crippen LogP contribution in [-0.2, 0) is 4.79 Å². The van der Waals surface area contributed by atoms with E-state index in [0.29, 0.717) is 13.0 Å². The van der Waals surface area contributed by atoms with Crippen molar-refractivity contribution in [2.45, 2.75) is 25.8 Å². The van der Waals surface area contributed by atoms with Crippen molar-refractivity contribution in [2.75, 3.05) is 13.7 Å². The number of carboxylic acids is 1. The molecule has 0 aliphatic rings. The van der Waals surface area contributed by atoms with E-state index in [1.807, 2.05) is 24.3 Å². The van der Waals surface area contributed by atoms with Crippen molar-refractivity contribution >= 4 is 5.97 Å². The van der Waals surface area contributed by atoms with Crippen molar-refractivity contribution in [2.24, 2.45) is 0 Å². The molecule has 0 unspecified atom stereocenters. The van der Waals surface area contributed by atoms with Crippen LogP contribution in [0.25, 0.3) is 0 Å². The molecule has 1 atom stereocenters. The topological polar surface area (TPSA) is 58.6 Å². The Hall–Kier alpha value is -1.55. The van der Waals surface area contributed by atoms with Crippen LogP contribution in [0.1, 0.15) is 31.4 Å². The van der Waals surface area contributed by atoms with Crippen molar-refractivity contribution in [1.29, 1.82) is 0 Å².